The number of benzene rings is 1. The molecule has 0 spiro atoms. The molecule has 1 saturated carbocycles. The van der Waals surface area contributed by atoms with Crippen molar-refractivity contribution in [3.63, 3.8) is 0 Å². The summed E-state index contributed by atoms with van der Waals surface area (Å²) in [5, 5.41) is 7.92. The Morgan fingerprint density at radius 2 is 2.14 bits per heavy atom. The van der Waals surface area contributed by atoms with Crippen molar-refractivity contribution in [3.05, 3.63) is 42.0 Å². The highest BCUT2D eigenvalue weighted by Gasteiger charge is 2.23. The van der Waals surface area contributed by atoms with Gasteiger partial charge in [0, 0.05) is 24.6 Å². The zero-order valence-electron chi connectivity index (χ0n) is 12.7. The van der Waals surface area contributed by atoms with Gasteiger partial charge in [-0.3, -0.25) is 0 Å². The third-order valence-corrected chi connectivity index (χ3v) is 4.53. The number of rotatable bonds is 6. The third kappa shape index (κ3) is 3.14. The summed E-state index contributed by atoms with van der Waals surface area (Å²) in [6, 6.07) is 8.81. The van der Waals surface area contributed by atoms with Gasteiger partial charge in [-0.15, -0.1) is 0 Å². The van der Waals surface area contributed by atoms with Crippen LogP contribution in [0.25, 0.3) is 0 Å². The van der Waals surface area contributed by atoms with Gasteiger partial charge in [-0.25, -0.2) is 9.67 Å². The fourth-order valence-electron chi connectivity index (χ4n) is 2.94. The number of hydrogen-bond donors (Lipinski definition) is 1. The van der Waals surface area contributed by atoms with Crippen LogP contribution in [0.4, 0.5) is 0 Å². The second kappa shape index (κ2) is 6.08. The molecule has 5 heteroatoms. The molecule has 1 aromatic heterocycles. The molecule has 0 amide bonds. The molecule has 116 valence electrons. The summed E-state index contributed by atoms with van der Waals surface area (Å²) in [6.07, 6.45) is 6.41. The quantitative estimate of drug-likeness (QED) is 0.888. The summed E-state index contributed by atoms with van der Waals surface area (Å²) in [6.45, 7) is 2.61. The van der Waals surface area contributed by atoms with E-state index in [4.69, 9.17) is 4.74 Å². The minimum absolute atomic E-state index is 0.450. The molecule has 1 unspecified atom stereocenters. The topological polar surface area (TPSA) is 52.0 Å². The van der Waals surface area contributed by atoms with Gasteiger partial charge in [0.25, 0.3) is 0 Å². The molecule has 22 heavy (non-hydrogen) atoms. The number of fused-ring (bicyclic) bond motifs is 1. The molecule has 1 N–H and O–H groups in total. The molecule has 5 nitrogen and oxygen atoms in total. The third-order valence-electron chi connectivity index (χ3n) is 4.53. The number of hydrogen-bond acceptors (Lipinski definition) is 4. The number of ether oxygens (including phenoxy) is 1. The van der Waals surface area contributed by atoms with Crippen LogP contribution in [0.1, 0.15) is 30.7 Å². The molecular formula is C17H22N4O. The number of para-hydroxylation sites is 1. The van der Waals surface area contributed by atoms with E-state index in [9.17, 15) is 0 Å². The van der Waals surface area contributed by atoms with Crippen LogP contribution >= 0.6 is 0 Å². The molecule has 1 aliphatic heterocycles. The molecule has 2 aromatic rings. The van der Waals surface area contributed by atoms with Crippen molar-refractivity contribution in [2.75, 3.05) is 6.61 Å². The maximum Gasteiger partial charge on any atom is 0.138 e. The molecule has 0 bridgehead atoms. The largest absolute Gasteiger partial charge is 0.493 e. The van der Waals surface area contributed by atoms with Gasteiger partial charge in [-0.2, -0.15) is 5.10 Å². The Hall–Kier alpha value is -1.88. The molecule has 1 atom stereocenters. The van der Waals surface area contributed by atoms with E-state index in [0.717, 1.165) is 50.0 Å². The summed E-state index contributed by atoms with van der Waals surface area (Å²) in [5.74, 6) is 2.91. The fraction of sp³-hybridized carbons (Fsp3) is 0.529. The molecule has 2 aliphatic rings. The van der Waals surface area contributed by atoms with E-state index in [1.54, 1.807) is 6.33 Å². The molecule has 1 aromatic carbocycles. The normalized spacial score (nSPS) is 20.6. The van der Waals surface area contributed by atoms with Gasteiger partial charge in [0.15, 0.2) is 0 Å². The van der Waals surface area contributed by atoms with Crippen molar-refractivity contribution in [2.45, 2.75) is 44.8 Å². The summed E-state index contributed by atoms with van der Waals surface area (Å²) in [7, 11) is 0. The van der Waals surface area contributed by atoms with Crippen molar-refractivity contribution in [1.82, 2.24) is 20.1 Å². The zero-order valence-corrected chi connectivity index (χ0v) is 12.7. The van der Waals surface area contributed by atoms with Crippen molar-refractivity contribution >= 4 is 0 Å². The lowest BCUT2D eigenvalue weighted by molar-refractivity contribution is 0.293. The van der Waals surface area contributed by atoms with E-state index >= 15 is 0 Å². The van der Waals surface area contributed by atoms with E-state index in [0.29, 0.717) is 6.04 Å². The molecule has 1 fully saturated rings. The highest BCUT2D eigenvalue weighted by atomic mass is 16.5. The van der Waals surface area contributed by atoms with Gasteiger partial charge in [0.1, 0.15) is 17.9 Å². The predicted octanol–water partition coefficient (Wildman–Crippen LogP) is 2.17. The zero-order chi connectivity index (χ0) is 14.8. The standard InChI is InChI=1S/C17H22N4O/c1-2-4-16(22-11-13-5-6-13)14(3-1)9-18-15-7-8-17-19-12-20-21(17)10-15/h1-4,12-13,15,18H,5-11H2. The van der Waals surface area contributed by atoms with Crippen molar-refractivity contribution < 1.29 is 4.74 Å². The van der Waals surface area contributed by atoms with Crippen LogP contribution in [0.15, 0.2) is 30.6 Å². The number of nitrogens with zero attached hydrogens (tertiary/aromatic N) is 3. The Labute approximate surface area is 130 Å². The Morgan fingerprint density at radius 1 is 1.23 bits per heavy atom. The van der Waals surface area contributed by atoms with Gasteiger partial charge in [-0.05, 0) is 31.2 Å². The number of nitrogens with one attached hydrogen (secondary N) is 1. The van der Waals surface area contributed by atoms with Gasteiger partial charge >= 0.3 is 0 Å². The van der Waals surface area contributed by atoms with Crippen LogP contribution in [0.5, 0.6) is 5.75 Å². The Morgan fingerprint density at radius 3 is 3.05 bits per heavy atom. The molecule has 2 heterocycles. The Kier molecular flexibility index (Phi) is 3.81. The first-order valence-electron chi connectivity index (χ1n) is 8.19. The highest BCUT2D eigenvalue weighted by Crippen LogP contribution is 2.30. The van der Waals surface area contributed by atoms with Crippen molar-refractivity contribution in [3.8, 4) is 5.75 Å². The predicted molar refractivity (Wildman–Crippen MR) is 83.6 cm³/mol. The average Bonchev–Trinajstić information content (AvgIpc) is 3.27. The second-order valence-corrected chi connectivity index (χ2v) is 6.34. The lowest BCUT2D eigenvalue weighted by Crippen LogP contribution is -2.37. The summed E-state index contributed by atoms with van der Waals surface area (Å²) in [4.78, 5) is 4.27. The van der Waals surface area contributed by atoms with Gasteiger partial charge in [0.05, 0.1) is 13.2 Å². The van der Waals surface area contributed by atoms with Crippen LogP contribution in [0.2, 0.25) is 0 Å². The monoisotopic (exact) mass is 298 g/mol. The lowest BCUT2D eigenvalue weighted by Gasteiger charge is -2.24. The van der Waals surface area contributed by atoms with E-state index in [-0.39, 0.29) is 0 Å². The van der Waals surface area contributed by atoms with Crippen LogP contribution in [0.3, 0.4) is 0 Å². The van der Waals surface area contributed by atoms with Crippen LogP contribution in [-0.2, 0) is 19.5 Å². The summed E-state index contributed by atoms with van der Waals surface area (Å²) >= 11 is 0. The number of aromatic nitrogens is 3. The van der Waals surface area contributed by atoms with Crippen LogP contribution in [-0.4, -0.2) is 27.4 Å². The Bertz CT molecular complexity index is 635. The molecule has 0 radical (unpaired) electrons. The smallest absolute Gasteiger partial charge is 0.138 e. The van der Waals surface area contributed by atoms with E-state index in [1.807, 2.05) is 10.7 Å². The maximum atomic E-state index is 5.98. The van der Waals surface area contributed by atoms with Crippen molar-refractivity contribution in [1.29, 1.82) is 0 Å². The van der Waals surface area contributed by atoms with E-state index in [1.165, 1.54) is 18.4 Å². The van der Waals surface area contributed by atoms with Crippen molar-refractivity contribution in [2.24, 2.45) is 5.92 Å². The van der Waals surface area contributed by atoms with Gasteiger partial charge < -0.3 is 10.1 Å². The summed E-state index contributed by atoms with van der Waals surface area (Å²) in [5.41, 5.74) is 1.24. The van der Waals surface area contributed by atoms with Crippen LogP contribution < -0.4 is 10.1 Å². The molecule has 1 aliphatic carbocycles. The summed E-state index contributed by atoms with van der Waals surface area (Å²) < 4.78 is 7.99. The highest BCUT2D eigenvalue weighted by molar-refractivity contribution is 5.33. The first kappa shape index (κ1) is 13.8. The first-order valence-corrected chi connectivity index (χ1v) is 8.19. The SMILES string of the molecule is c1ccc(OCC2CC2)c(CNC2CCc3ncnn3C2)c1. The fourth-order valence-corrected chi connectivity index (χ4v) is 2.94. The maximum absolute atomic E-state index is 5.98. The van der Waals surface area contributed by atoms with Crippen LogP contribution in [0, 0.1) is 5.92 Å². The molecule has 0 saturated heterocycles. The van der Waals surface area contributed by atoms with Gasteiger partial charge in [-0.1, -0.05) is 18.2 Å². The second-order valence-electron chi connectivity index (χ2n) is 6.34. The minimum Gasteiger partial charge on any atom is -0.493 e. The van der Waals surface area contributed by atoms with Gasteiger partial charge in [0.2, 0.25) is 0 Å². The molecular weight excluding hydrogens is 276 g/mol. The minimum atomic E-state index is 0.450. The first-order chi connectivity index (χ1) is 10.9. The van der Waals surface area contributed by atoms with E-state index < -0.39 is 0 Å². The lowest BCUT2D eigenvalue weighted by atomic mass is 10.1. The Balaban J connectivity index is 1.35. The van der Waals surface area contributed by atoms with E-state index in [2.05, 4.69) is 33.6 Å². The molecule has 4 rings (SSSR count). The average molecular weight is 298 g/mol. The number of aryl methyl sites for hydroxylation is 1.